The first-order valence-electron chi connectivity index (χ1n) is 8.41. The van der Waals surface area contributed by atoms with Crippen molar-refractivity contribution in [1.29, 1.82) is 0 Å². The fourth-order valence-corrected chi connectivity index (χ4v) is 3.32. The van der Waals surface area contributed by atoms with E-state index in [1.807, 2.05) is 0 Å². The highest BCUT2D eigenvalue weighted by Crippen LogP contribution is 2.36. The lowest BCUT2D eigenvalue weighted by Crippen LogP contribution is -1.98. The molecule has 0 radical (unpaired) electrons. The molecule has 3 nitrogen and oxygen atoms in total. The van der Waals surface area contributed by atoms with Crippen molar-refractivity contribution < 1.29 is 18.7 Å². The van der Waals surface area contributed by atoms with E-state index in [0.717, 1.165) is 0 Å². The van der Waals surface area contributed by atoms with Crippen molar-refractivity contribution in [2.75, 3.05) is 0 Å². The lowest BCUT2D eigenvalue weighted by Gasteiger charge is -2.08. The summed E-state index contributed by atoms with van der Waals surface area (Å²) in [6.07, 6.45) is 1.52. The molecular weight excluding hydrogens is 402 g/mol. The van der Waals surface area contributed by atoms with Crippen molar-refractivity contribution >= 4 is 35.1 Å². The van der Waals surface area contributed by atoms with Gasteiger partial charge in [0.25, 0.3) is 0 Å². The van der Waals surface area contributed by atoms with Crippen molar-refractivity contribution in [3.05, 3.63) is 99.0 Å². The molecule has 140 valence electrons. The number of hydrogen-bond donors (Lipinski definition) is 0. The number of halogens is 3. The van der Waals surface area contributed by atoms with E-state index in [1.165, 1.54) is 12.1 Å². The maximum atomic E-state index is 13.7. The second kappa shape index (κ2) is 7.66. The van der Waals surface area contributed by atoms with Gasteiger partial charge in [0.2, 0.25) is 5.78 Å². The maximum Gasteiger partial charge on any atom is 0.231 e. The molecule has 3 aromatic carbocycles. The van der Waals surface area contributed by atoms with Crippen molar-refractivity contribution in [1.82, 2.24) is 0 Å². The Bertz CT molecular complexity index is 1090. The SMILES string of the molecule is O=C1C(=Cc2c(Cl)cccc2Cl)Oc2cc(OCc3ccccc3F)ccc21. The second-order valence-corrected chi connectivity index (χ2v) is 6.93. The molecule has 3 aromatic rings. The molecule has 1 heterocycles. The van der Waals surface area contributed by atoms with E-state index in [0.29, 0.717) is 38.2 Å². The molecule has 6 heteroatoms. The Kier molecular flexibility index (Phi) is 5.07. The van der Waals surface area contributed by atoms with E-state index < -0.39 is 0 Å². The van der Waals surface area contributed by atoms with Crippen LogP contribution in [0, 0.1) is 5.82 Å². The van der Waals surface area contributed by atoms with Gasteiger partial charge in [-0.25, -0.2) is 4.39 Å². The zero-order valence-electron chi connectivity index (χ0n) is 14.4. The molecule has 0 N–H and O–H groups in total. The first-order chi connectivity index (χ1) is 13.5. The van der Waals surface area contributed by atoms with Gasteiger partial charge in [0.05, 0.1) is 5.56 Å². The Morgan fingerprint density at radius 1 is 1.00 bits per heavy atom. The molecule has 0 unspecified atom stereocenters. The van der Waals surface area contributed by atoms with Crippen molar-refractivity contribution in [3.63, 3.8) is 0 Å². The highest BCUT2D eigenvalue weighted by molar-refractivity contribution is 6.37. The largest absolute Gasteiger partial charge is 0.489 e. The number of rotatable bonds is 4. The van der Waals surface area contributed by atoms with E-state index in [1.54, 1.807) is 54.6 Å². The minimum Gasteiger partial charge on any atom is -0.489 e. The van der Waals surface area contributed by atoms with Gasteiger partial charge in [-0.05, 0) is 36.4 Å². The van der Waals surface area contributed by atoms with Gasteiger partial charge in [-0.2, -0.15) is 0 Å². The molecule has 0 saturated heterocycles. The summed E-state index contributed by atoms with van der Waals surface area (Å²) in [5, 5.41) is 0.836. The number of carbonyl (C=O) groups is 1. The summed E-state index contributed by atoms with van der Waals surface area (Å²) in [7, 11) is 0. The Morgan fingerprint density at radius 3 is 2.50 bits per heavy atom. The number of allylic oxidation sites excluding steroid dienone is 1. The van der Waals surface area contributed by atoms with Gasteiger partial charge >= 0.3 is 0 Å². The van der Waals surface area contributed by atoms with Crippen molar-refractivity contribution in [2.45, 2.75) is 6.61 Å². The molecule has 0 amide bonds. The lowest BCUT2D eigenvalue weighted by molar-refractivity contribution is 0.101. The Hall–Kier alpha value is -2.82. The predicted octanol–water partition coefficient (Wildman–Crippen LogP) is 6.33. The monoisotopic (exact) mass is 414 g/mol. The second-order valence-electron chi connectivity index (χ2n) is 6.11. The highest BCUT2D eigenvalue weighted by Gasteiger charge is 2.28. The van der Waals surface area contributed by atoms with Gasteiger partial charge in [-0.15, -0.1) is 0 Å². The van der Waals surface area contributed by atoms with Crippen molar-refractivity contribution in [2.24, 2.45) is 0 Å². The zero-order valence-corrected chi connectivity index (χ0v) is 15.9. The average Bonchev–Trinajstić information content (AvgIpc) is 2.99. The predicted molar refractivity (Wildman–Crippen MR) is 107 cm³/mol. The Labute approximate surface area is 170 Å². The molecule has 0 aromatic heterocycles. The number of ketones is 1. The summed E-state index contributed by atoms with van der Waals surface area (Å²) in [6.45, 7) is 0.0668. The van der Waals surface area contributed by atoms with E-state index in [4.69, 9.17) is 32.7 Å². The molecule has 0 bridgehead atoms. The number of benzene rings is 3. The van der Waals surface area contributed by atoms with Gasteiger partial charge < -0.3 is 9.47 Å². The van der Waals surface area contributed by atoms with Crippen LogP contribution < -0.4 is 9.47 Å². The van der Waals surface area contributed by atoms with Crippen molar-refractivity contribution in [3.8, 4) is 11.5 Å². The van der Waals surface area contributed by atoms with Crippen LogP contribution in [-0.4, -0.2) is 5.78 Å². The van der Waals surface area contributed by atoms with Crippen LogP contribution in [0.2, 0.25) is 10.0 Å². The molecule has 0 aliphatic carbocycles. The Balaban J connectivity index is 1.56. The number of carbonyl (C=O) groups excluding carboxylic acids is 1. The molecule has 0 fully saturated rings. The summed E-state index contributed by atoms with van der Waals surface area (Å²) in [4.78, 5) is 12.6. The third-order valence-corrected chi connectivity index (χ3v) is 4.93. The lowest BCUT2D eigenvalue weighted by atomic mass is 10.1. The standard InChI is InChI=1S/C22H13Cl2FO3/c23-17-5-3-6-18(24)16(17)11-21-22(26)15-9-8-14(10-20(15)28-21)27-12-13-4-1-2-7-19(13)25/h1-11H,12H2. The topological polar surface area (TPSA) is 35.5 Å². The molecule has 28 heavy (non-hydrogen) atoms. The number of hydrogen-bond acceptors (Lipinski definition) is 3. The molecule has 0 atom stereocenters. The minimum absolute atomic E-state index is 0.0668. The molecule has 1 aliphatic heterocycles. The van der Waals surface area contributed by atoms with Crippen LogP contribution in [0.15, 0.2) is 66.4 Å². The summed E-state index contributed by atoms with van der Waals surface area (Å²) >= 11 is 12.3. The summed E-state index contributed by atoms with van der Waals surface area (Å²) in [5.74, 6) is 0.345. The third kappa shape index (κ3) is 3.61. The van der Waals surface area contributed by atoms with E-state index in [-0.39, 0.29) is 24.0 Å². The number of fused-ring (bicyclic) bond motifs is 1. The summed E-state index contributed by atoms with van der Waals surface area (Å²) < 4.78 is 25.0. The number of Topliss-reactive ketones (excluding diaryl/α,β-unsaturated/α-hetero) is 1. The van der Waals surface area contributed by atoms with Gasteiger partial charge in [0, 0.05) is 27.2 Å². The van der Waals surface area contributed by atoms with Crippen LogP contribution in [0.4, 0.5) is 4.39 Å². The quantitative estimate of drug-likeness (QED) is 0.468. The van der Waals surface area contributed by atoms with Crippen LogP contribution >= 0.6 is 23.2 Å². The van der Waals surface area contributed by atoms with E-state index >= 15 is 0 Å². The molecule has 0 spiro atoms. The van der Waals surface area contributed by atoms with Crippen LogP contribution in [-0.2, 0) is 6.61 Å². The molecule has 1 aliphatic rings. The van der Waals surface area contributed by atoms with Gasteiger partial charge in [0.1, 0.15) is 23.9 Å². The third-order valence-electron chi connectivity index (χ3n) is 4.27. The smallest absolute Gasteiger partial charge is 0.231 e. The first-order valence-corrected chi connectivity index (χ1v) is 9.17. The fraction of sp³-hybridized carbons (Fsp3) is 0.0455. The minimum atomic E-state index is -0.336. The average molecular weight is 415 g/mol. The van der Waals surface area contributed by atoms with E-state index in [9.17, 15) is 9.18 Å². The van der Waals surface area contributed by atoms with Gasteiger partial charge in [-0.1, -0.05) is 47.5 Å². The first kappa shape index (κ1) is 18.5. The van der Waals surface area contributed by atoms with Crippen LogP contribution in [0.1, 0.15) is 21.5 Å². The Morgan fingerprint density at radius 2 is 1.75 bits per heavy atom. The van der Waals surface area contributed by atoms with E-state index in [2.05, 4.69) is 0 Å². The normalized spacial score (nSPS) is 14.1. The maximum absolute atomic E-state index is 13.7. The highest BCUT2D eigenvalue weighted by atomic mass is 35.5. The van der Waals surface area contributed by atoms with Crippen LogP contribution in [0.5, 0.6) is 11.5 Å². The van der Waals surface area contributed by atoms with Crippen LogP contribution in [0.3, 0.4) is 0 Å². The fourth-order valence-electron chi connectivity index (χ4n) is 2.81. The summed E-state index contributed by atoms with van der Waals surface area (Å²) in [5.41, 5.74) is 1.36. The molecule has 4 rings (SSSR count). The van der Waals surface area contributed by atoms with Gasteiger partial charge in [0.15, 0.2) is 5.76 Å². The number of ether oxygens (including phenoxy) is 2. The zero-order chi connectivity index (χ0) is 19.7. The molecular formula is C22H13Cl2FO3. The van der Waals surface area contributed by atoms with Gasteiger partial charge in [-0.3, -0.25) is 4.79 Å². The molecule has 0 saturated carbocycles. The van der Waals surface area contributed by atoms with Crippen LogP contribution in [0.25, 0.3) is 6.08 Å². The summed E-state index contributed by atoms with van der Waals surface area (Å²) in [6, 6.07) is 16.3.